The standard InChI is InChI=1S/C15H10.C10H15P.Ru/c1-2-6-12(7-3-1)15-10-13-8-4-5-9-14(13)11-15;1-3-11(4-2)10-8-6-5-7-9-10;/h1-10H;5-9H,3-4H2,1-2H3;. The molecule has 2 heteroatoms. The van der Waals surface area contributed by atoms with Gasteiger partial charge in [-0.1, -0.05) is 52.1 Å². The predicted molar refractivity (Wildman–Crippen MR) is 119 cm³/mol. The molecule has 0 saturated heterocycles. The van der Waals surface area contributed by atoms with Crippen molar-refractivity contribution in [3.8, 4) is 0 Å². The number of fused-ring (bicyclic) bond motifs is 1. The monoisotopic (exact) mass is 458 g/mol. The Labute approximate surface area is 174 Å². The summed E-state index contributed by atoms with van der Waals surface area (Å²) in [6, 6.07) is 29.9. The summed E-state index contributed by atoms with van der Waals surface area (Å²) in [7, 11) is 0.149. The van der Waals surface area contributed by atoms with Crippen LogP contribution in [-0.4, -0.2) is 16.4 Å². The Hall–Kier alpha value is -1.68. The van der Waals surface area contributed by atoms with Crippen LogP contribution in [0, 0.1) is 0 Å². The fraction of sp³-hybridized carbons (Fsp3) is 0.160. The van der Waals surface area contributed by atoms with Crippen molar-refractivity contribution in [3.05, 3.63) is 102 Å². The van der Waals surface area contributed by atoms with Gasteiger partial charge in [-0.15, -0.1) is 0 Å². The van der Waals surface area contributed by atoms with Crippen molar-refractivity contribution < 1.29 is 17.9 Å². The molecular weight excluding hydrogens is 432 g/mol. The van der Waals surface area contributed by atoms with Crippen molar-refractivity contribution in [3.63, 3.8) is 0 Å². The summed E-state index contributed by atoms with van der Waals surface area (Å²) in [5.74, 6) is 0. The van der Waals surface area contributed by atoms with Crippen LogP contribution in [0.15, 0.2) is 84.9 Å². The van der Waals surface area contributed by atoms with Crippen LogP contribution in [0.2, 0.25) is 0 Å². The second-order valence-electron chi connectivity index (χ2n) is 6.32. The molecule has 0 fully saturated rings. The maximum atomic E-state index is 2.76. The first kappa shape index (κ1) is 20.1. The van der Waals surface area contributed by atoms with E-state index in [1.165, 1.54) is 38.7 Å². The molecule has 3 aromatic carbocycles. The van der Waals surface area contributed by atoms with Gasteiger partial charge in [0.2, 0.25) is 0 Å². The topological polar surface area (TPSA) is 0 Å². The molecule has 1 aliphatic rings. The molecule has 138 valence electrons. The molecule has 0 nitrogen and oxygen atoms in total. The molecule has 0 atom stereocenters. The van der Waals surface area contributed by atoms with Crippen molar-refractivity contribution >= 4 is 29.0 Å². The van der Waals surface area contributed by atoms with Gasteiger partial charge < -0.3 is 0 Å². The van der Waals surface area contributed by atoms with Gasteiger partial charge >= 0.3 is 105 Å². The summed E-state index contributed by atoms with van der Waals surface area (Å²) in [5.41, 5.74) is 5.25. The van der Waals surface area contributed by atoms with E-state index in [1.54, 1.807) is 5.30 Å². The Kier molecular flexibility index (Phi) is 7.45. The molecule has 0 aromatic heterocycles. The fourth-order valence-electron chi connectivity index (χ4n) is 3.23. The van der Waals surface area contributed by atoms with Gasteiger partial charge in [-0.25, -0.2) is 0 Å². The van der Waals surface area contributed by atoms with E-state index in [9.17, 15) is 0 Å². The van der Waals surface area contributed by atoms with Crippen LogP contribution in [0.5, 0.6) is 0 Å². The van der Waals surface area contributed by atoms with Crippen molar-refractivity contribution in [2.75, 3.05) is 12.3 Å². The number of hydrogen-bond acceptors (Lipinski definition) is 0. The van der Waals surface area contributed by atoms with Gasteiger partial charge in [0, 0.05) is 0 Å². The van der Waals surface area contributed by atoms with E-state index in [-0.39, 0.29) is 7.92 Å². The third kappa shape index (κ3) is 4.98. The van der Waals surface area contributed by atoms with Gasteiger partial charge in [0.15, 0.2) is 0 Å². The molecule has 0 amide bonds. The van der Waals surface area contributed by atoms with Crippen LogP contribution in [0.4, 0.5) is 0 Å². The minimum atomic E-state index is 0.149. The summed E-state index contributed by atoms with van der Waals surface area (Å²) < 4.78 is 1.31. The van der Waals surface area contributed by atoms with Crippen molar-refractivity contribution in [1.82, 2.24) is 0 Å². The van der Waals surface area contributed by atoms with E-state index in [4.69, 9.17) is 0 Å². The maximum absolute atomic E-state index is 2.76. The zero-order valence-electron chi connectivity index (χ0n) is 15.9. The molecule has 0 bridgehead atoms. The molecule has 3 aromatic rings. The first-order chi connectivity index (χ1) is 13.2. The van der Waals surface area contributed by atoms with Crippen LogP contribution in [0.3, 0.4) is 0 Å². The van der Waals surface area contributed by atoms with E-state index in [0.29, 0.717) is 0 Å². The predicted octanol–water partition coefficient (Wildman–Crippen LogP) is 6.14. The molecule has 0 heterocycles. The number of hydrogen-bond donors (Lipinski definition) is 0. The molecule has 0 N–H and O–H groups in total. The van der Waals surface area contributed by atoms with Crippen molar-refractivity contribution in [1.29, 1.82) is 0 Å². The zero-order chi connectivity index (χ0) is 19.1. The Bertz CT molecular complexity index is 909. The Morgan fingerprint density at radius 1 is 0.704 bits per heavy atom. The molecule has 0 aliphatic heterocycles. The van der Waals surface area contributed by atoms with E-state index in [2.05, 4.69) is 123 Å². The third-order valence-corrected chi connectivity index (χ3v) is 8.18. The quantitative estimate of drug-likeness (QED) is 0.326. The van der Waals surface area contributed by atoms with Crippen LogP contribution < -0.4 is 5.30 Å². The van der Waals surface area contributed by atoms with Crippen LogP contribution in [0.1, 0.15) is 30.5 Å². The number of allylic oxidation sites excluding steroid dienone is 1. The second-order valence-corrected chi connectivity index (χ2v) is 10.1. The normalized spacial score (nSPS) is 12.3. The average molecular weight is 458 g/mol. The van der Waals surface area contributed by atoms with Gasteiger partial charge in [-0.3, -0.25) is 0 Å². The average Bonchev–Trinajstić information content (AvgIpc) is 3.08. The summed E-state index contributed by atoms with van der Waals surface area (Å²) in [6.45, 7) is 4.56. The minimum absolute atomic E-state index is 0.149. The summed E-state index contributed by atoms with van der Waals surface area (Å²) in [6.07, 6.45) is 4.89. The van der Waals surface area contributed by atoms with E-state index in [1.807, 2.05) is 0 Å². The summed E-state index contributed by atoms with van der Waals surface area (Å²) in [5, 5.41) is 1.55. The van der Waals surface area contributed by atoms with Crippen LogP contribution >= 0.6 is 7.92 Å². The Morgan fingerprint density at radius 2 is 1.26 bits per heavy atom. The van der Waals surface area contributed by atoms with Crippen molar-refractivity contribution in [2.24, 2.45) is 0 Å². The molecule has 27 heavy (non-hydrogen) atoms. The Morgan fingerprint density at radius 3 is 1.85 bits per heavy atom. The molecule has 4 rings (SSSR count). The van der Waals surface area contributed by atoms with Gasteiger partial charge in [-0.2, -0.15) is 0 Å². The molecule has 0 unspecified atom stereocenters. The Balaban J connectivity index is 0.000000168. The summed E-state index contributed by atoms with van der Waals surface area (Å²) in [4.78, 5) is 0. The number of rotatable bonds is 4. The zero-order valence-corrected chi connectivity index (χ0v) is 18.5. The van der Waals surface area contributed by atoms with E-state index in [0.717, 1.165) is 0 Å². The van der Waals surface area contributed by atoms with Crippen LogP contribution in [0.25, 0.3) is 11.6 Å². The second kappa shape index (κ2) is 10.0. The van der Waals surface area contributed by atoms with Gasteiger partial charge in [-0.05, 0) is 17.6 Å². The molecule has 1 aliphatic carbocycles. The SMILES string of the molecule is CCP(CC)c1ccccc1.[Ru]=[C]1C(c2ccccc2)=Cc2ccccc21. The van der Waals surface area contributed by atoms with Crippen LogP contribution in [-0.2, 0) is 17.9 Å². The summed E-state index contributed by atoms with van der Waals surface area (Å²) >= 11 is 2.76. The molecular formula is C25H25PRu. The molecule has 0 saturated carbocycles. The molecule has 0 radical (unpaired) electrons. The first-order valence-corrected chi connectivity index (χ1v) is 12.0. The van der Waals surface area contributed by atoms with E-state index < -0.39 is 0 Å². The fourth-order valence-corrected chi connectivity index (χ4v) is 5.77. The van der Waals surface area contributed by atoms with Crippen molar-refractivity contribution in [2.45, 2.75) is 13.8 Å². The van der Waals surface area contributed by atoms with E-state index >= 15 is 0 Å². The third-order valence-electron chi connectivity index (χ3n) is 4.69. The van der Waals surface area contributed by atoms with Gasteiger partial charge in [0.1, 0.15) is 0 Å². The van der Waals surface area contributed by atoms with Gasteiger partial charge in [0.25, 0.3) is 0 Å². The van der Waals surface area contributed by atoms with Gasteiger partial charge in [0.05, 0.1) is 0 Å². The molecule has 0 spiro atoms. The number of benzene rings is 3. The first-order valence-electron chi connectivity index (χ1n) is 9.42.